The van der Waals surface area contributed by atoms with Crippen molar-refractivity contribution in [1.29, 1.82) is 0 Å². The first-order valence-corrected chi connectivity index (χ1v) is 8.98. The van der Waals surface area contributed by atoms with Crippen molar-refractivity contribution in [1.82, 2.24) is 0 Å². The predicted molar refractivity (Wildman–Crippen MR) is 98.8 cm³/mol. The number of ether oxygens (including phenoxy) is 2. The summed E-state index contributed by atoms with van der Waals surface area (Å²) in [6.45, 7) is 8.18. The van der Waals surface area contributed by atoms with Crippen LogP contribution in [0.2, 0.25) is 0 Å². The Labute approximate surface area is 145 Å². The molecule has 1 saturated heterocycles. The molecule has 0 aromatic heterocycles. The summed E-state index contributed by atoms with van der Waals surface area (Å²) in [6, 6.07) is 17.3. The van der Waals surface area contributed by atoms with E-state index in [9.17, 15) is 0 Å². The molecule has 0 aliphatic carbocycles. The fraction of sp³-hybridized carbons (Fsp3) is 0.455. The fourth-order valence-electron chi connectivity index (χ4n) is 3.23. The van der Waals surface area contributed by atoms with Crippen LogP contribution in [0.15, 0.2) is 48.5 Å². The summed E-state index contributed by atoms with van der Waals surface area (Å²) in [5, 5.41) is 0. The third-order valence-electron chi connectivity index (χ3n) is 5.06. The largest absolute Gasteiger partial charge is 0.491 e. The molecule has 3 rings (SSSR count). The molecule has 1 aliphatic rings. The smallest absolute Gasteiger partial charge is 0.119 e. The molecule has 0 spiro atoms. The van der Waals surface area contributed by atoms with E-state index in [1.165, 1.54) is 29.5 Å². The highest BCUT2D eigenvalue weighted by atomic mass is 16.5. The molecular formula is C22H28O2. The highest BCUT2D eigenvalue weighted by molar-refractivity contribution is 5.40. The topological polar surface area (TPSA) is 18.5 Å². The van der Waals surface area contributed by atoms with Crippen molar-refractivity contribution in [2.24, 2.45) is 0 Å². The molecule has 0 N–H and O–H groups in total. The number of rotatable bonds is 5. The molecule has 1 atom stereocenters. The first-order chi connectivity index (χ1) is 11.6. The first-order valence-electron chi connectivity index (χ1n) is 8.98. The van der Waals surface area contributed by atoms with Crippen LogP contribution >= 0.6 is 0 Å². The van der Waals surface area contributed by atoms with E-state index in [4.69, 9.17) is 9.47 Å². The van der Waals surface area contributed by atoms with Gasteiger partial charge in [-0.2, -0.15) is 0 Å². The summed E-state index contributed by atoms with van der Waals surface area (Å²) in [5.41, 5.74) is 3.91. The summed E-state index contributed by atoms with van der Waals surface area (Å²) in [6.07, 6.45) is 3.79. The third-order valence-corrected chi connectivity index (χ3v) is 5.06. The van der Waals surface area contributed by atoms with Crippen molar-refractivity contribution in [2.75, 3.05) is 13.2 Å². The van der Waals surface area contributed by atoms with Gasteiger partial charge in [0.15, 0.2) is 0 Å². The molecule has 0 bridgehead atoms. The van der Waals surface area contributed by atoms with E-state index in [2.05, 4.69) is 69.3 Å². The Morgan fingerprint density at radius 2 is 1.58 bits per heavy atom. The van der Waals surface area contributed by atoms with E-state index < -0.39 is 0 Å². The molecule has 1 heterocycles. The molecule has 128 valence electrons. The molecule has 1 aliphatic heterocycles. The minimum Gasteiger partial charge on any atom is -0.491 e. The zero-order valence-electron chi connectivity index (χ0n) is 15.0. The van der Waals surface area contributed by atoms with Gasteiger partial charge in [0.2, 0.25) is 0 Å². The Hall–Kier alpha value is -1.80. The number of hydrogen-bond acceptors (Lipinski definition) is 2. The van der Waals surface area contributed by atoms with Crippen LogP contribution in [0.3, 0.4) is 0 Å². The lowest BCUT2D eigenvalue weighted by Crippen LogP contribution is -2.25. The van der Waals surface area contributed by atoms with Crippen LogP contribution in [0.25, 0.3) is 0 Å². The highest BCUT2D eigenvalue weighted by Gasteiger charge is 2.23. The van der Waals surface area contributed by atoms with Gasteiger partial charge >= 0.3 is 0 Å². The number of hydrogen-bond donors (Lipinski definition) is 0. The summed E-state index contributed by atoms with van der Waals surface area (Å²) < 4.78 is 11.6. The van der Waals surface area contributed by atoms with Gasteiger partial charge < -0.3 is 9.47 Å². The van der Waals surface area contributed by atoms with Gasteiger partial charge in [-0.15, -0.1) is 0 Å². The van der Waals surface area contributed by atoms with Crippen LogP contribution in [0.5, 0.6) is 5.75 Å². The van der Waals surface area contributed by atoms with Crippen molar-refractivity contribution in [3.8, 4) is 5.75 Å². The van der Waals surface area contributed by atoms with E-state index in [1.807, 2.05) is 0 Å². The maximum absolute atomic E-state index is 5.91. The Bertz CT molecular complexity index is 635. The second-order valence-corrected chi connectivity index (χ2v) is 7.31. The zero-order valence-corrected chi connectivity index (χ0v) is 15.0. The lowest BCUT2D eigenvalue weighted by atomic mass is 9.78. The Kier molecular flexibility index (Phi) is 5.25. The van der Waals surface area contributed by atoms with E-state index in [-0.39, 0.29) is 11.5 Å². The quantitative estimate of drug-likeness (QED) is 0.746. The van der Waals surface area contributed by atoms with Crippen LogP contribution in [-0.2, 0) is 10.2 Å². The standard InChI is InChI=1S/C22H28O2/c1-17-7-9-18(10-8-17)22(2,3)19-11-13-20(14-12-19)24-16-21-6-4-5-15-23-21/h7-14,21H,4-6,15-16H2,1-3H3. The van der Waals surface area contributed by atoms with E-state index in [0.717, 1.165) is 18.8 Å². The Morgan fingerprint density at radius 3 is 2.17 bits per heavy atom. The molecule has 1 unspecified atom stereocenters. The molecule has 2 heteroatoms. The highest BCUT2D eigenvalue weighted by Crippen LogP contribution is 2.32. The summed E-state index contributed by atoms with van der Waals surface area (Å²) in [7, 11) is 0. The average Bonchev–Trinajstić information content (AvgIpc) is 2.61. The monoisotopic (exact) mass is 324 g/mol. The lowest BCUT2D eigenvalue weighted by Gasteiger charge is -2.27. The average molecular weight is 324 g/mol. The van der Waals surface area contributed by atoms with Gasteiger partial charge in [0.05, 0.1) is 6.10 Å². The molecule has 1 fully saturated rings. The van der Waals surface area contributed by atoms with Crippen LogP contribution in [-0.4, -0.2) is 19.3 Å². The maximum atomic E-state index is 5.91. The first kappa shape index (κ1) is 17.0. The summed E-state index contributed by atoms with van der Waals surface area (Å²) in [4.78, 5) is 0. The van der Waals surface area contributed by atoms with Crippen molar-refractivity contribution in [3.63, 3.8) is 0 Å². The Morgan fingerprint density at radius 1 is 0.958 bits per heavy atom. The summed E-state index contributed by atoms with van der Waals surface area (Å²) >= 11 is 0. The van der Waals surface area contributed by atoms with Gasteiger partial charge in [0.25, 0.3) is 0 Å². The van der Waals surface area contributed by atoms with Crippen LogP contribution in [0.4, 0.5) is 0 Å². The minimum atomic E-state index is -0.0152. The zero-order chi connectivity index (χ0) is 17.0. The van der Waals surface area contributed by atoms with Gasteiger partial charge in [-0.05, 0) is 49.4 Å². The maximum Gasteiger partial charge on any atom is 0.119 e. The van der Waals surface area contributed by atoms with Crippen LogP contribution in [0.1, 0.15) is 49.8 Å². The minimum absolute atomic E-state index is 0.0152. The van der Waals surface area contributed by atoms with Crippen molar-refractivity contribution < 1.29 is 9.47 Å². The fourth-order valence-corrected chi connectivity index (χ4v) is 3.23. The van der Waals surface area contributed by atoms with Gasteiger partial charge in [0, 0.05) is 12.0 Å². The second-order valence-electron chi connectivity index (χ2n) is 7.31. The van der Waals surface area contributed by atoms with Gasteiger partial charge in [0.1, 0.15) is 12.4 Å². The van der Waals surface area contributed by atoms with Crippen molar-refractivity contribution >= 4 is 0 Å². The van der Waals surface area contributed by atoms with Gasteiger partial charge in [-0.1, -0.05) is 55.8 Å². The molecule has 2 nitrogen and oxygen atoms in total. The predicted octanol–water partition coefficient (Wildman–Crippen LogP) is 5.27. The molecule has 24 heavy (non-hydrogen) atoms. The van der Waals surface area contributed by atoms with Crippen LogP contribution < -0.4 is 4.74 Å². The molecule has 0 radical (unpaired) electrons. The summed E-state index contributed by atoms with van der Waals surface area (Å²) in [5.74, 6) is 0.924. The van der Waals surface area contributed by atoms with Gasteiger partial charge in [-0.3, -0.25) is 0 Å². The second kappa shape index (κ2) is 7.40. The van der Waals surface area contributed by atoms with E-state index in [1.54, 1.807) is 0 Å². The molecular weight excluding hydrogens is 296 g/mol. The van der Waals surface area contributed by atoms with E-state index >= 15 is 0 Å². The SMILES string of the molecule is Cc1ccc(C(C)(C)c2ccc(OCC3CCCCO3)cc2)cc1. The lowest BCUT2D eigenvalue weighted by molar-refractivity contribution is -0.0110. The Balaban J connectivity index is 1.65. The molecule has 2 aromatic rings. The number of benzene rings is 2. The molecule has 0 saturated carbocycles. The molecule has 2 aromatic carbocycles. The number of aryl methyl sites for hydroxylation is 1. The molecule has 0 amide bonds. The van der Waals surface area contributed by atoms with Crippen molar-refractivity contribution in [2.45, 2.75) is 51.6 Å². The van der Waals surface area contributed by atoms with Gasteiger partial charge in [-0.25, -0.2) is 0 Å². The van der Waals surface area contributed by atoms with Crippen molar-refractivity contribution in [3.05, 3.63) is 65.2 Å². The third kappa shape index (κ3) is 3.99. The van der Waals surface area contributed by atoms with E-state index in [0.29, 0.717) is 6.61 Å². The normalized spacial score (nSPS) is 18.4. The van der Waals surface area contributed by atoms with Crippen LogP contribution in [0, 0.1) is 6.92 Å².